The molecule has 21 heavy (non-hydrogen) atoms. The third kappa shape index (κ3) is 3.51. The average Bonchev–Trinajstić information content (AvgIpc) is 3.22. The number of nitrogens with two attached hydrogens (primary N) is 1. The van der Waals surface area contributed by atoms with Gasteiger partial charge in [-0.1, -0.05) is 12.1 Å². The Hall–Kier alpha value is -2.10. The molecule has 0 heterocycles. The van der Waals surface area contributed by atoms with Crippen molar-refractivity contribution in [2.45, 2.75) is 19.4 Å². The zero-order chi connectivity index (χ0) is 14.8. The lowest BCUT2D eigenvalue weighted by Gasteiger charge is -2.25. The molecule has 0 bridgehead atoms. The second-order valence-corrected chi connectivity index (χ2v) is 5.66. The molecule has 110 valence electrons. The molecule has 0 aliphatic heterocycles. The molecule has 3 rings (SSSR count). The SMILES string of the molecule is Nc1ccc(N(Cc2cccc(F)c2)CC2CC2)c(F)c1. The van der Waals surface area contributed by atoms with Gasteiger partial charge in [-0.15, -0.1) is 0 Å². The first-order valence-corrected chi connectivity index (χ1v) is 7.16. The number of rotatable bonds is 5. The van der Waals surface area contributed by atoms with E-state index >= 15 is 0 Å². The highest BCUT2D eigenvalue weighted by atomic mass is 19.1. The summed E-state index contributed by atoms with van der Waals surface area (Å²) in [6.07, 6.45) is 2.35. The fourth-order valence-corrected chi connectivity index (χ4v) is 2.50. The Morgan fingerprint density at radius 1 is 1.10 bits per heavy atom. The normalized spacial score (nSPS) is 14.2. The molecule has 1 aliphatic rings. The maximum Gasteiger partial charge on any atom is 0.148 e. The Morgan fingerprint density at radius 3 is 2.57 bits per heavy atom. The average molecular weight is 288 g/mol. The van der Waals surface area contributed by atoms with Crippen molar-refractivity contribution in [2.24, 2.45) is 5.92 Å². The molecule has 2 N–H and O–H groups in total. The molecule has 4 heteroatoms. The van der Waals surface area contributed by atoms with Gasteiger partial charge in [-0.25, -0.2) is 8.78 Å². The predicted octanol–water partition coefficient (Wildman–Crippen LogP) is 3.96. The lowest BCUT2D eigenvalue weighted by atomic mass is 10.1. The lowest BCUT2D eigenvalue weighted by Crippen LogP contribution is -2.26. The van der Waals surface area contributed by atoms with Crippen molar-refractivity contribution >= 4 is 11.4 Å². The number of hydrogen-bond donors (Lipinski definition) is 1. The van der Waals surface area contributed by atoms with Crippen molar-refractivity contribution in [3.63, 3.8) is 0 Å². The quantitative estimate of drug-likeness (QED) is 0.844. The van der Waals surface area contributed by atoms with Crippen LogP contribution in [0.15, 0.2) is 42.5 Å². The van der Waals surface area contributed by atoms with E-state index in [0.717, 1.165) is 12.1 Å². The van der Waals surface area contributed by atoms with Crippen LogP contribution in [0.2, 0.25) is 0 Å². The molecule has 0 aromatic heterocycles. The lowest BCUT2D eigenvalue weighted by molar-refractivity contribution is 0.607. The van der Waals surface area contributed by atoms with Gasteiger partial charge in [0.25, 0.3) is 0 Å². The molecule has 1 aliphatic carbocycles. The third-order valence-corrected chi connectivity index (χ3v) is 3.75. The molecular weight excluding hydrogens is 270 g/mol. The first kappa shape index (κ1) is 13.9. The predicted molar refractivity (Wildman–Crippen MR) is 81.0 cm³/mol. The summed E-state index contributed by atoms with van der Waals surface area (Å²) >= 11 is 0. The first-order valence-electron chi connectivity index (χ1n) is 7.16. The summed E-state index contributed by atoms with van der Waals surface area (Å²) in [5, 5.41) is 0. The molecule has 0 unspecified atom stereocenters. The standard InChI is InChI=1S/C17H18F2N2/c18-14-3-1-2-13(8-14)11-21(10-12-4-5-12)17-7-6-15(20)9-16(17)19/h1-3,6-9,12H,4-5,10-11,20H2. The smallest absolute Gasteiger partial charge is 0.148 e. The number of halogens is 2. The highest BCUT2D eigenvalue weighted by Crippen LogP contribution is 2.33. The number of anilines is 2. The van der Waals surface area contributed by atoms with Gasteiger partial charge in [-0.3, -0.25) is 0 Å². The van der Waals surface area contributed by atoms with E-state index in [1.807, 2.05) is 11.0 Å². The van der Waals surface area contributed by atoms with Gasteiger partial charge in [-0.05, 0) is 54.7 Å². The van der Waals surface area contributed by atoms with E-state index in [-0.39, 0.29) is 11.6 Å². The fraction of sp³-hybridized carbons (Fsp3) is 0.294. The Labute approximate surface area is 123 Å². The van der Waals surface area contributed by atoms with E-state index in [0.29, 0.717) is 23.8 Å². The van der Waals surface area contributed by atoms with Gasteiger partial charge in [0.1, 0.15) is 11.6 Å². The summed E-state index contributed by atoms with van der Waals surface area (Å²) in [4.78, 5) is 1.97. The van der Waals surface area contributed by atoms with Crippen LogP contribution in [-0.4, -0.2) is 6.54 Å². The largest absolute Gasteiger partial charge is 0.399 e. The number of nitrogens with zero attached hydrogens (tertiary/aromatic N) is 1. The molecule has 2 aromatic rings. The summed E-state index contributed by atoms with van der Waals surface area (Å²) in [5.41, 5.74) is 7.38. The maximum absolute atomic E-state index is 14.2. The van der Waals surface area contributed by atoms with E-state index in [4.69, 9.17) is 5.73 Å². The van der Waals surface area contributed by atoms with Crippen LogP contribution in [0.3, 0.4) is 0 Å². The monoisotopic (exact) mass is 288 g/mol. The maximum atomic E-state index is 14.2. The first-order chi connectivity index (χ1) is 10.1. The van der Waals surface area contributed by atoms with Gasteiger partial charge in [0, 0.05) is 18.8 Å². The van der Waals surface area contributed by atoms with E-state index in [1.54, 1.807) is 18.2 Å². The van der Waals surface area contributed by atoms with Gasteiger partial charge in [0.15, 0.2) is 0 Å². The van der Waals surface area contributed by atoms with Crippen LogP contribution in [0.1, 0.15) is 18.4 Å². The second kappa shape index (κ2) is 5.72. The van der Waals surface area contributed by atoms with E-state index < -0.39 is 0 Å². The fourth-order valence-electron chi connectivity index (χ4n) is 2.50. The van der Waals surface area contributed by atoms with Crippen LogP contribution in [-0.2, 0) is 6.54 Å². The summed E-state index contributed by atoms with van der Waals surface area (Å²) in [5.74, 6) is 0.0132. The molecule has 2 nitrogen and oxygen atoms in total. The summed E-state index contributed by atoms with van der Waals surface area (Å²) in [7, 11) is 0. The topological polar surface area (TPSA) is 29.3 Å². The minimum Gasteiger partial charge on any atom is -0.399 e. The summed E-state index contributed by atoms with van der Waals surface area (Å²) in [6.45, 7) is 1.28. The Bertz CT molecular complexity index is 638. The number of hydrogen-bond acceptors (Lipinski definition) is 2. The molecule has 0 saturated heterocycles. The van der Waals surface area contributed by atoms with Crippen LogP contribution < -0.4 is 10.6 Å². The van der Waals surface area contributed by atoms with Crippen molar-refractivity contribution in [2.75, 3.05) is 17.2 Å². The highest BCUT2D eigenvalue weighted by molar-refractivity contribution is 5.55. The zero-order valence-corrected chi connectivity index (χ0v) is 11.7. The van der Waals surface area contributed by atoms with Crippen molar-refractivity contribution < 1.29 is 8.78 Å². The highest BCUT2D eigenvalue weighted by Gasteiger charge is 2.25. The van der Waals surface area contributed by atoms with E-state index in [9.17, 15) is 8.78 Å². The zero-order valence-electron chi connectivity index (χ0n) is 11.7. The summed E-state index contributed by atoms with van der Waals surface area (Å²) in [6, 6.07) is 11.2. The van der Waals surface area contributed by atoms with Crippen LogP contribution in [0.25, 0.3) is 0 Å². The van der Waals surface area contributed by atoms with Gasteiger partial charge in [0.2, 0.25) is 0 Å². The van der Waals surface area contributed by atoms with Crippen LogP contribution in [0, 0.1) is 17.6 Å². The molecule has 0 atom stereocenters. The second-order valence-electron chi connectivity index (χ2n) is 5.66. The Morgan fingerprint density at radius 2 is 1.90 bits per heavy atom. The molecular formula is C17H18F2N2. The van der Waals surface area contributed by atoms with Gasteiger partial charge in [0.05, 0.1) is 5.69 Å². The molecule has 2 aromatic carbocycles. The van der Waals surface area contributed by atoms with Gasteiger partial charge < -0.3 is 10.6 Å². The number of benzene rings is 2. The van der Waals surface area contributed by atoms with E-state index in [1.165, 1.54) is 31.0 Å². The molecule has 1 fully saturated rings. The Kier molecular flexibility index (Phi) is 3.78. The summed E-state index contributed by atoms with van der Waals surface area (Å²) < 4.78 is 27.5. The van der Waals surface area contributed by atoms with Crippen molar-refractivity contribution in [3.05, 3.63) is 59.7 Å². The van der Waals surface area contributed by atoms with Crippen molar-refractivity contribution in [3.8, 4) is 0 Å². The van der Waals surface area contributed by atoms with E-state index in [2.05, 4.69) is 0 Å². The minimum absolute atomic E-state index is 0.267. The molecule has 0 radical (unpaired) electrons. The number of nitrogen functional groups attached to an aromatic ring is 1. The van der Waals surface area contributed by atoms with Crippen molar-refractivity contribution in [1.82, 2.24) is 0 Å². The Balaban J connectivity index is 1.86. The van der Waals surface area contributed by atoms with Crippen LogP contribution >= 0.6 is 0 Å². The molecule has 0 spiro atoms. The molecule has 1 saturated carbocycles. The molecule has 0 amide bonds. The third-order valence-electron chi connectivity index (χ3n) is 3.75. The van der Waals surface area contributed by atoms with Gasteiger partial charge in [-0.2, -0.15) is 0 Å². The van der Waals surface area contributed by atoms with Crippen LogP contribution in [0.4, 0.5) is 20.2 Å². The van der Waals surface area contributed by atoms with Gasteiger partial charge >= 0.3 is 0 Å². The minimum atomic E-state index is -0.327. The van der Waals surface area contributed by atoms with Crippen LogP contribution in [0.5, 0.6) is 0 Å². The van der Waals surface area contributed by atoms with Crippen molar-refractivity contribution in [1.29, 1.82) is 0 Å².